The molecule has 21 heavy (non-hydrogen) atoms. The predicted octanol–water partition coefficient (Wildman–Crippen LogP) is 4.54. The van der Waals surface area contributed by atoms with Crippen LogP contribution in [0.15, 0.2) is 54.7 Å². The molecular weight excluding hydrogens is 383 g/mol. The maximum absolute atomic E-state index is 11.4. The van der Waals surface area contributed by atoms with Crippen molar-refractivity contribution < 1.29 is 9.66 Å². The summed E-state index contributed by atoms with van der Waals surface area (Å²) in [5, 5.41) is 11.8. The molecule has 1 aromatic heterocycles. The van der Waals surface area contributed by atoms with Gasteiger partial charge >= 0.3 is 5.69 Å². The number of nitro benzene ring substituents is 1. The third-order valence-electron chi connectivity index (χ3n) is 2.94. The molecule has 5 nitrogen and oxygen atoms in total. The monoisotopic (exact) mass is 392 g/mol. The highest BCUT2D eigenvalue weighted by Gasteiger charge is 2.20. The van der Waals surface area contributed by atoms with Gasteiger partial charge in [-0.1, -0.05) is 0 Å². The highest BCUT2D eigenvalue weighted by molar-refractivity contribution is 14.1. The van der Waals surface area contributed by atoms with E-state index in [1.807, 2.05) is 12.1 Å². The number of aromatic nitrogens is 1. The van der Waals surface area contributed by atoms with Crippen molar-refractivity contribution in [2.24, 2.45) is 0 Å². The van der Waals surface area contributed by atoms with Gasteiger partial charge in [0.1, 0.15) is 5.75 Å². The maximum atomic E-state index is 11.4. The number of halogens is 1. The molecule has 0 radical (unpaired) electrons. The molecule has 2 aromatic carbocycles. The molecule has 1 heterocycles. The standard InChI is InChI=1S/C15H9IN2O3/c16-10-3-5-11(6-4-10)21-14-8-7-13-12(2-1-9-17-13)15(14)18(19)20/h1-9H. The van der Waals surface area contributed by atoms with Gasteiger partial charge in [0.15, 0.2) is 0 Å². The van der Waals surface area contributed by atoms with Crippen molar-refractivity contribution in [2.75, 3.05) is 0 Å². The number of nitro groups is 1. The molecule has 3 aromatic rings. The van der Waals surface area contributed by atoms with Crippen LogP contribution in [0.2, 0.25) is 0 Å². The first kappa shape index (κ1) is 13.7. The van der Waals surface area contributed by atoms with Crippen LogP contribution in [0.4, 0.5) is 5.69 Å². The Bertz CT molecular complexity index is 819. The summed E-state index contributed by atoms with van der Waals surface area (Å²) in [6, 6.07) is 13.9. The first-order valence-corrected chi connectivity index (χ1v) is 7.18. The molecule has 104 valence electrons. The van der Waals surface area contributed by atoms with Crippen LogP contribution in [0.1, 0.15) is 0 Å². The van der Waals surface area contributed by atoms with Gasteiger partial charge in [0.25, 0.3) is 0 Å². The summed E-state index contributed by atoms with van der Waals surface area (Å²) in [6.07, 6.45) is 1.60. The fraction of sp³-hybridized carbons (Fsp3) is 0. The highest BCUT2D eigenvalue weighted by Crippen LogP contribution is 2.37. The Morgan fingerprint density at radius 2 is 1.86 bits per heavy atom. The average molecular weight is 392 g/mol. The highest BCUT2D eigenvalue weighted by atomic mass is 127. The summed E-state index contributed by atoms with van der Waals surface area (Å²) in [5.41, 5.74) is 0.498. The minimum absolute atomic E-state index is 0.0702. The predicted molar refractivity (Wildman–Crippen MR) is 87.6 cm³/mol. The normalized spacial score (nSPS) is 10.5. The maximum Gasteiger partial charge on any atom is 0.320 e. The largest absolute Gasteiger partial charge is 0.450 e. The first-order chi connectivity index (χ1) is 10.1. The molecule has 0 aliphatic carbocycles. The second-order valence-electron chi connectivity index (χ2n) is 4.30. The van der Waals surface area contributed by atoms with Crippen molar-refractivity contribution in [3.8, 4) is 11.5 Å². The van der Waals surface area contributed by atoms with Gasteiger partial charge in [-0.3, -0.25) is 15.1 Å². The zero-order chi connectivity index (χ0) is 14.8. The fourth-order valence-corrected chi connectivity index (χ4v) is 2.38. The summed E-state index contributed by atoms with van der Waals surface area (Å²) >= 11 is 2.18. The lowest BCUT2D eigenvalue weighted by Crippen LogP contribution is -1.95. The topological polar surface area (TPSA) is 65.3 Å². The zero-order valence-corrected chi connectivity index (χ0v) is 12.9. The number of fused-ring (bicyclic) bond motifs is 1. The number of nitrogens with zero attached hydrogens (tertiary/aromatic N) is 2. The quantitative estimate of drug-likeness (QED) is 0.373. The van der Waals surface area contributed by atoms with Crippen LogP contribution >= 0.6 is 22.6 Å². The minimum atomic E-state index is -0.438. The van der Waals surface area contributed by atoms with Gasteiger partial charge in [0.05, 0.1) is 15.8 Å². The van der Waals surface area contributed by atoms with Crippen LogP contribution in [0.3, 0.4) is 0 Å². The summed E-state index contributed by atoms with van der Waals surface area (Å²) in [7, 11) is 0. The number of rotatable bonds is 3. The Labute approximate surface area is 133 Å². The van der Waals surface area contributed by atoms with Crippen molar-refractivity contribution in [3.05, 3.63) is 68.4 Å². The summed E-state index contributed by atoms with van der Waals surface area (Å²) in [4.78, 5) is 15.1. The molecule has 0 unspecified atom stereocenters. The van der Waals surface area contributed by atoms with E-state index in [2.05, 4.69) is 27.6 Å². The molecule has 0 aliphatic heterocycles. The third kappa shape index (κ3) is 2.80. The minimum Gasteiger partial charge on any atom is -0.450 e. The van der Waals surface area contributed by atoms with E-state index >= 15 is 0 Å². The van der Waals surface area contributed by atoms with Crippen LogP contribution in [-0.2, 0) is 0 Å². The van der Waals surface area contributed by atoms with Gasteiger partial charge in [-0.15, -0.1) is 0 Å². The first-order valence-electron chi connectivity index (χ1n) is 6.11. The van der Waals surface area contributed by atoms with Gasteiger partial charge in [-0.25, -0.2) is 0 Å². The molecule has 0 bridgehead atoms. The molecule has 6 heteroatoms. The van der Waals surface area contributed by atoms with Gasteiger partial charge in [0, 0.05) is 9.77 Å². The second-order valence-corrected chi connectivity index (χ2v) is 5.54. The second kappa shape index (κ2) is 5.65. The number of ether oxygens (including phenoxy) is 1. The van der Waals surface area contributed by atoms with E-state index in [1.54, 1.807) is 42.6 Å². The smallest absolute Gasteiger partial charge is 0.320 e. The Balaban J connectivity index is 2.11. The van der Waals surface area contributed by atoms with Crippen LogP contribution in [0.5, 0.6) is 11.5 Å². The van der Waals surface area contributed by atoms with E-state index in [-0.39, 0.29) is 11.4 Å². The Morgan fingerprint density at radius 3 is 2.57 bits per heavy atom. The van der Waals surface area contributed by atoms with E-state index in [1.165, 1.54) is 0 Å². The van der Waals surface area contributed by atoms with Crippen molar-refractivity contribution in [2.45, 2.75) is 0 Å². The van der Waals surface area contributed by atoms with Crippen molar-refractivity contribution >= 4 is 39.2 Å². The molecular formula is C15H9IN2O3. The Morgan fingerprint density at radius 1 is 1.10 bits per heavy atom. The van der Waals surface area contributed by atoms with Crippen molar-refractivity contribution in [1.29, 1.82) is 0 Å². The lowest BCUT2D eigenvalue weighted by Gasteiger charge is -2.08. The van der Waals surface area contributed by atoms with Crippen LogP contribution < -0.4 is 4.74 Å². The molecule has 0 saturated heterocycles. The Kier molecular flexibility index (Phi) is 3.70. The van der Waals surface area contributed by atoms with E-state index in [0.29, 0.717) is 16.7 Å². The molecule has 3 rings (SSSR count). The number of benzene rings is 2. The third-order valence-corrected chi connectivity index (χ3v) is 3.66. The van der Waals surface area contributed by atoms with E-state index in [9.17, 15) is 10.1 Å². The van der Waals surface area contributed by atoms with Gasteiger partial charge in [0.2, 0.25) is 5.75 Å². The van der Waals surface area contributed by atoms with Crippen LogP contribution in [0.25, 0.3) is 10.9 Å². The average Bonchev–Trinajstić information content (AvgIpc) is 2.49. The van der Waals surface area contributed by atoms with Crippen molar-refractivity contribution in [1.82, 2.24) is 4.98 Å². The molecule has 0 N–H and O–H groups in total. The summed E-state index contributed by atoms with van der Waals surface area (Å²) < 4.78 is 6.73. The van der Waals surface area contributed by atoms with Gasteiger partial charge in [-0.2, -0.15) is 0 Å². The molecule has 0 amide bonds. The van der Waals surface area contributed by atoms with E-state index < -0.39 is 4.92 Å². The zero-order valence-electron chi connectivity index (χ0n) is 10.7. The lowest BCUT2D eigenvalue weighted by atomic mass is 10.1. The van der Waals surface area contributed by atoms with Crippen molar-refractivity contribution in [3.63, 3.8) is 0 Å². The van der Waals surface area contributed by atoms with Crippen LogP contribution in [-0.4, -0.2) is 9.91 Å². The molecule has 0 spiro atoms. The summed E-state index contributed by atoms with van der Waals surface area (Å²) in [6.45, 7) is 0. The molecule has 0 fully saturated rings. The van der Waals surface area contributed by atoms with Crippen LogP contribution in [0, 0.1) is 13.7 Å². The number of hydrogen-bond acceptors (Lipinski definition) is 4. The lowest BCUT2D eigenvalue weighted by molar-refractivity contribution is -0.383. The van der Waals surface area contributed by atoms with Gasteiger partial charge in [-0.05, 0) is 71.1 Å². The fourth-order valence-electron chi connectivity index (χ4n) is 2.02. The van der Waals surface area contributed by atoms with E-state index in [0.717, 1.165) is 3.57 Å². The van der Waals surface area contributed by atoms with Gasteiger partial charge < -0.3 is 4.74 Å². The van der Waals surface area contributed by atoms with E-state index in [4.69, 9.17) is 4.74 Å². The number of pyridine rings is 1. The SMILES string of the molecule is O=[N+]([O-])c1c(Oc2ccc(I)cc2)ccc2ncccc12. The molecule has 0 aliphatic rings. The Hall–Kier alpha value is -2.22. The molecule has 0 saturated carbocycles. The summed E-state index contributed by atoms with van der Waals surface area (Å²) in [5.74, 6) is 0.767. The number of hydrogen-bond donors (Lipinski definition) is 0. The molecule has 0 atom stereocenters.